The van der Waals surface area contributed by atoms with Crippen LogP contribution in [-0.4, -0.2) is 46.5 Å². The van der Waals surface area contributed by atoms with Crippen LogP contribution in [0.2, 0.25) is 0 Å². The van der Waals surface area contributed by atoms with Gasteiger partial charge in [-0.05, 0) is 22.4 Å². The molecule has 0 saturated heterocycles. The number of hydrogen-bond acceptors (Lipinski definition) is 7. The second-order valence-electron chi connectivity index (χ2n) is 3.95. The van der Waals surface area contributed by atoms with Gasteiger partial charge in [-0.1, -0.05) is 6.07 Å². The van der Waals surface area contributed by atoms with Crippen molar-refractivity contribution in [2.24, 2.45) is 0 Å². The first-order valence-corrected chi connectivity index (χ1v) is 8.83. The van der Waals surface area contributed by atoms with Crippen molar-refractivity contribution in [3.05, 3.63) is 18.2 Å². The molecule has 0 fully saturated rings. The summed E-state index contributed by atoms with van der Waals surface area (Å²) in [6, 6.07) is 4.44. The minimum absolute atomic E-state index is 0.0505. The van der Waals surface area contributed by atoms with E-state index in [9.17, 15) is 16.8 Å². The van der Waals surface area contributed by atoms with Crippen molar-refractivity contribution in [3.63, 3.8) is 0 Å². The molecular formula is C9H12N4O5S2. The van der Waals surface area contributed by atoms with E-state index >= 15 is 0 Å². The molecule has 0 radical (unpaired) electrons. The molecule has 0 aliphatic rings. The Morgan fingerprint density at radius 3 is 2.50 bits per heavy atom. The summed E-state index contributed by atoms with van der Waals surface area (Å²) in [5.41, 5.74) is 0.443. The smallest absolute Gasteiger partial charge is 0.242 e. The Labute approximate surface area is 115 Å². The standard InChI is InChI=1S/C9H12N4O5S2/c1-19(14,15)10-5-6-11-20(16,17)8-4-2-3-7-9(8)13-18-12-7/h2-4,10-11H,5-6H2,1H3. The molecule has 9 nitrogen and oxygen atoms in total. The highest BCUT2D eigenvalue weighted by Gasteiger charge is 2.19. The van der Waals surface area contributed by atoms with Crippen LogP contribution in [0.3, 0.4) is 0 Å². The fourth-order valence-electron chi connectivity index (χ4n) is 1.50. The molecule has 1 heterocycles. The summed E-state index contributed by atoms with van der Waals surface area (Å²) in [5, 5.41) is 7.09. The van der Waals surface area contributed by atoms with E-state index in [1.54, 1.807) is 6.07 Å². The molecule has 11 heteroatoms. The average Bonchev–Trinajstić information content (AvgIpc) is 2.81. The van der Waals surface area contributed by atoms with E-state index in [0.29, 0.717) is 5.52 Å². The van der Waals surface area contributed by atoms with Crippen molar-refractivity contribution in [1.82, 2.24) is 19.8 Å². The van der Waals surface area contributed by atoms with E-state index in [-0.39, 0.29) is 23.5 Å². The molecule has 1 aromatic carbocycles. The predicted molar refractivity (Wildman–Crippen MR) is 69.8 cm³/mol. The van der Waals surface area contributed by atoms with Crippen molar-refractivity contribution >= 4 is 31.1 Å². The van der Waals surface area contributed by atoms with Crippen molar-refractivity contribution in [3.8, 4) is 0 Å². The maximum Gasteiger partial charge on any atom is 0.242 e. The second kappa shape index (κ2) is 5.44. The summed E-state index contributed by atoms with van der Waals surface area (Å²) in [6.45, 7) is -0.137. The number of hydrogen-bond donors (Lipinski definition) is 2. The quantitative estimate of drug-likeness (QED) is 0.656. The lowest BCUT2D eigenvalue weighted by Gasteiger charge is -2.06. The van der Waals surface area contributed by atoms with Gasteiger partial charge in [0.15, 0.2) is 5.52 Å². The summed E-state index contributed by atoms with van der Waals surface area (Å²) < 4.78 is 54.8. The van der Waals surface area contributed by atoms with Crippen LogP contribution in [0, 0.1) is 0 Å². The Morgan fingerprint density at radius 2 is 1.80 bits per heavy atom. The third kappa shape index (κ3) is 3.50. The second-order valence-corrected chi connectivity index (χ2v) is 7.52. The number of nitrogens with zero attached hydrogens (tertiary/aromatic N) is 2. The van der Waals surface area contributed by atoms with Crippen LogP contribution in [0.1, 0.15) is 0 Å². The highest BCUT2D eigenvalue weighted by molar-refractivity contribution is 7.89. The monoisotopic (exact) mass is 320 g/mol. The van der Waals surface area contributed by atoms with Crippen LogP contribution in [0.5, 0.6) is 0 Å². The number of benzene rings is 1. The lowest BCUT2D eigenvalue weighted by atomic mass is 10.3. The van der Waals surface area contributed by atoms with Crippen LogP contribution < -0.4 is 9.44 Å². The highest BCUT2D eigenvalue weighted by atomic mass is 32.2. The molecule has 0 bridgehead atoms. The Morgan fingerprint density at radius 1 is 1.10 bits per heavy atom. The van der Waals surface area contributed by atoms with Gasteiger partial charge in [0.2, 0.25) is 20.0 Å². The average molecular weight is 320 g/mol. The van der Waals surface area contributed by atoms with Gasteiger partial charge in [0, 0.05) is 13.1 Å². The molecule has 0 atom stereocenters. The normalized spacial score (nSPS) is 12.8. The van der Waals surface area contributed by atoms with Crippen LogP contribution in [0.4, 0.5) is 0 Å². The van der Waals surface area contributed by atoms with Crippen LogP contribution in [0.15, 0.2) is 27.7 Å². The van der Waals surface area contributed by atoms with Gasteiger partial charge in [-0.2, -0.15) is 0 Å². The molecular weight excluding hydrogens is 308 g/mol. The SMILES string of the molecule is CS(=O)(=O)NCCNS(=O)(=O)c1cccc2nonc12. The van der Waals surface area contributed by atoms with E-state index in [0.717, 1.165) is 6.26 Å². The first kappa shape index (κ1) is 14.8. The fraction of sp³-hybridized carbons (Fsp3) is 0.333. The van der Waals surface area contributed by atoms with Crippen LogP contribution in [0.25, 0.3) is 11.0 Å². The molecule has 110 valence electrons. The molecule has 0 aliphatic carbocycles. The molecule has 0 aliphatic heterocycles. The molecule has 0 amide bonds. The topological polar surface area (TPSA) is 131 Å². The number of sulfonamides is 2. The Hall–Kier alpha value is -1.56. The van der Waals surface area contributed by atoms with Crippen molar-refractivity contribution in [2.45, 2.75) is 4.90 Å². The third-order valence-electron chi connectivity index (χ3n) is 2.32. The third-order valence-corrected chi connectivity index (χ3v) is 4.54. The zero-order valence-electron chi connectivity index (χ0n) is 10.4. The van der Waals surface area contributed by atoms with Gasteiger partial charge in [0.05, 0.1) is 6.26 Å². The van der Waals surface area contributed by atoms with E-state index in [2.05, 4.69) is 24.4 Å². The minimum Gasteiger partial charge on any atom is -0.243 e. The van der Waals surface area contributed by atoms with Crippen LogP contribution in [-0.2, 0) is 20.0 Å². The van der Waals surface area contributed by atoms with Gasteiger partial charge in [0.25, 0.3) is 0 Å². The largest absolute Gasteiger partial charge is 0.243 e. The van der Waals surface area contributed by atoms with Gasteiger partial charge in [-0.15, -0.1) is 0 Å². The molecule has 20 heavy (non-hydrogen) atoms. The number of nitrogens with one attached hydrogen (secondary N) is 2. The molecule has 0 saturated carbocycles. The first-order valence-electron chi connectivity index (χ1n) is 5.45. The Bertz CT molecular complexity index is 812. The predicted octanol–water partition coefficient (Wildman–Crippen LogP) is -0.950. The summed E-state index contributed by atoms with van der Waals surface area (Å²) in [6.07, 6.45) is 0.989. The van der Waals surface area contributed by atoms with Gasteiger partial charge < -0.3 is 0 Å². The van der Waals surface area contributed by atoms with E-state index in [4.69, 9.17) is 0 Å². The van der Waals surface area contributed by atoms with Gasteiger partial charge >= 0.3 is 0 Å². The maximum atomic E-state index is 12.1. The molecule has 0 unspecified atom stereocenters. The van der Waals surface area contributed by atoms with Crippen molar-refractivity contribution < 1.29 is 21.5 Å². The first-order chi connectivity index (χ1) is 9.30. The number of fused-ring (bicyclic) bond motifs is 1. The fourth-order valence-corrected chi connectivity index (χ4v) is 3.15. The molecule has 0 spiro atoms. The zero-order chi connectivity index (χ0) is 14.8. The Balaban J connectivity index is 2.13. The summed E-state index contributed by atoms with van der Waals surface area (Å²) in [5.74, 6) is 0. The molecule has 2 N–H and O–H groups in total. The van der Waals surface area contributed by atoms with E-state index < -0.39 is 20.0 Å². The van der Waals surface area contributed by atoms with Crippen LogP contribution >= 0.6 is 0 Å². The highest BCUT2D eigenvalue weighted by Crippen LogP contribution is 2.19. The lowest BCUT2D eigenvalue weighted by Crippen LogP contribution is -2.34. The molecule has 2 rings (SSSR count). The number of aromatic nitrogens is 2. The molecule has 1 aromatic heterocycles. The van der Waals surface area contributed by atoms with Gasteiger partial charge in [-0.25, -0.2) is 30.9 Å². The summed E-state index contributed by atoms with van der Waals surface area (Å²) in [7, 11) is -7.18. The van der Waals surface area contributed by atoms with Crippen molar-refractivity contribution in [2.75, 3.05) is 19.3 Å². The number of rotatable bonds is 6. The molecule has 2 aromatic rings. The van der Waals surface area contributed by atoms with Gasteiger partial charge in [-0.3, -0.25) is 0 Å². The van der Waals surface area contributed by atoms with Gasteiger partial charge in [0.1, 0.15) is 10.4 Å². The van der Waals surface area contributed by atoms with E-state index in [1.165, 1.54) is 12.1 Å². The maximum absolute atomic E-state index is 12.1. The van der Waals surface area contributed by atoms with E-state index in [1.807, 2.05) is 0 Å². The lowest BCUT2D eigenvalue weighted by molar-refractivity contribution is 0.315. The zero-order valence-corrected chi connectivity index (χ0v) is 12.0. The summed E-state index contributed by atoms with van der Waals surface area (Å²) in [4.78, 5) is -0.0735. The van der Waals surface area contributed by atoms with Crippen molar-refractivity contribution in [1.29, 1.82) is 0 Å². The summed E-state index contributed by atoms with van der Waals surface area (Å²) >= 11 is 0. The minimum atomic E-state index is -3.82. The Kier molecular flexibility index (Phi) is 4.04.